The molecule has 1 aromatic rings. The van der Waals surface area contributed by atoms with Crippen LogP contribution in [0.5, 0.6) is 0 Å². The minimum Gasteiger partial charge on any atom is -0.466 e. The highest BCUT2D eigenvalue weighted by atomic mass is 19.4. The highest BCUT2D eigenvalue weighted by Gasteiger charge is 2.32. The average Bonchev–Trinajstić information content (AvgIpc) is 2.42. The maximum atomic E-state index is 12.8. The fourth-order valence-corrected chi connectivity index (χ4v) is 1.67. The summed E-state index contributed by atoms with van der Waals surface area (Å²) in [4.78, 5) is 11.3. The van der Waals surface area contributed by atoms with E-state index >= 15 is 0 Å². The van der Waals surface area contributed by atoms with E-state index in [-0.39, 0.29) is 12.2 Å². The van der Waals surface area contributed by atoms with Crippen molar-refractivity contribution in [2.24, 2.45) is 0 Å². The van der Waals surface area contributed by atoms with Gasteiger partial charge < -0.3 is 10.1 Å². The van der Waals surface area contributed by atoms with E-state index in [1.165, 1.54) is 31.4 Å². The molecule has 0 fully saturated rings. The number of halogens is 3. The fourth-order valence-electron chi connectivity index (χ4n) is 1.67. The van der Waals surface area contributed by atoms with Crippen molar-refractivity contribution in [2.75, 3.05) is 19.0 Å². The second-order valence-electron chi connectivity index (χ2n) is 4.00. The lowest BCUT2D eigenvalue weighted by Crippen LogP contribution is -2.12. The number of ether oxygens (including phenoxy) is 1. The summed E-state index contributed by atoms with van der Waals surface area (Å²) in [5.41, 5.74) is -0.328. The molecular weight excluding hydrogens is 271 g/mol. The molecule has 0 aliphatic heterocycles. The third-order valence-electron chi connectivity index (χ3n) is 2.70. The maximum Gasteiger partial charge on any atom is 0.418 e. The Morgan fingerprint density at radius 3 is 2.55 bits per heavy atom. The molecule has 110 valence electrons. The van der Waals surface area contributed by atoms with Gasteiger partial charge >= 0.3 is 12.1 Å². The standard InChI is InChI=1S/C14H16F3NO2/c1-3-10(13(19)20-2)8-9-18-12-7-5-4-6-11(12)14(15,16)17/h4-8,18H,3,9H2,1-2H3/b10-8-. The predicted molar refractivity (Wildman–Crippen MR) is 70.3 cm³/mol. The Morgan fingerprint density at radius 1 is 1.35 bits per heavy atom. The Morgan fingerprint density at radius 2 is 2.00 bits per heavy atom. The second kappa shape index (κ2) is 6.98. The third-order valence-corrected chi connectivity index (χ3v) is 2.70. The largest absolute Gasteiger partial charge is 0.466 e. The molecule has 20 heavy (non-hydrogen) atoms. The zero-order chi connectivity index (χ0) is 15.2. The van der Waals surface area contributed by atoms with E-state index in [1.54, 1.807) is 6.92 Å². The number of esters is 1. The number of hydrogen-bond donors (Lipinski definition) is 1. The highest BCUT2D eigenvalue weighted by molar-refractivity contribution is 5.88. The number of carbonyl (C=O) groups is 1. The van der Waals surface area contributed by atoms with Crippen LogP contribution in [0, 0.1) is 0 Å². The van der Waals surface area contributed by atoms with Crippen LogP contribution in [-0.4, -0.2) is 19.6 Å². The van der Waals surface area contributed by atoms with Crippen LogP contribution >= 0.6 is 0 Å². The van der Waals surface area contributed by atoms with Crippen molar-refractivity contribution in [1.29, 1.82) is 0 Å². The van der Waals surface area contributed by atoms with Crippen LogP contribution in [0.15, 0.2) is 35.9 Å². The topological polar surface area (TPSA) is 38.3 Å². The monoisotopic (exact) mass is 287 g/mol. The Bertz CT molecular complexity index is 495. The number of rotatable bonds is 5. The van der Waals surface area contributed by atoms with E-state index in [2.05, 4.69) is 10.1 Å². The van der Waals surface area contributed by atoms with Gasteiger partial charge in [0.05, 0.1) is 12.7 Å². The Balaban J connectivity index is 2.81. The Labute approximate surface area is 115 Å². The molecule has 6 heteroatoms. The van der Waals surface area contributed by atoms with Crippen LogP contribution in [0.3, 0.4) is 0 Å². The Kier molecular flexibility index (Phi) is 5.61. The molecule has 0 unspecified atom stereocenters. The van der Waals surface area contributed by atoms with Crippen molar-refractivity contribution in [3.05, 3.63) is 41.5 Å². The molecule has 1 N–H and O–H groups in total. The van der Waals surface area contributed by atoms with Crippen molar-refractivity contribution >= 4 is 11.7 Å². The summed E-state index contributed by atoms with van der Waals surface area (Å²) < 4.78 is 42.8. The average molecular weight is 287 g/mol. The van der Waals surface area contributed by atoms with Crippen molar-refractivity contribution in [2.45, 2.75) is 19.5 Å². The molecule has 0 atom stereocenters. The van der Waals surface area contributed by atoms with Crippen molar-refractivity contribution in [1.82, 2.24) is 0 Å². The van der Waals surface area contributed by atoms with Crippen LogP contribution in [-0.2, 0) is 15.7 Å². The second-order valence-corrected chi connectivity index (χ2v) is 4.00. The van der Waals surface area contributed by atoms with Crippen LogP contribution in [0.25, 0.3) is 0 Å². The first-order valence-electron chi connectivity index (χ1n) is 6.07. The van der Waals surface area contributed by atoms with Gasteiger partial charge in [-0.05, 0) is 18.6 Å². The van der Waals surface area contributed by atoms with E-state index in [0.29, 0.717) is 12.0 Å². The zero-order valence-corrected chi connectivity index (χ0v) is 11.3. The number of benzene rings is 1. The van der Waals surface area contributed by atoms with E-state index < -0.39 is 17.7 Å². The number of hydrogen-bond acceptors (Lipinski definition) is 3. The number of methoxy groups -OCH3 is 1. The quantitative estimate of drug-likeness (QED) is 0.664. The minimum atomic E-state index is -4.41. The molecule has 0 spiro atoms. The van der Waals surface area contributed by atoms with Gasteiger partial charge in [-0.1, -0.05) is 25.1 Å². The van der Waals surface area contributed by atoms with Gasteiger partial charge in [0.15, 0.2) is 0 Å². The number of anilines is 1. The minimum absolute atomic E-state index is 0.0171. The lowest BCUT2D eigenvalue weighted by molar-refractivity contribution is -0.137. The van der Waals surface area contributed by atoms with Gasteiger partial charge in [-0.15, -0.1) is 0 Å². The van der Waals surface area contributed by atoms with Gasteiger partial charge in [0.2, 0.25) is 0 Å². The molecule has 0 radical (unpaired) electrons. The van der Waals surface area contributed by atoms with E-state index in [1.807, 2.05) is 0 Å². The molecule has 0 heterocycles. The van der Waals surface area contributed by atoms with Crippen LogP contribution in [0.1, 0.15) is 18.9 Å². The zero-order valence-electron chi connectivity index (χ0n) is 11.3. The molecule has 1 aromatic carbocycles. The molecule has 0 aliphatic carbocycles. The first-order chi connectivity index (χ1) is 9.40. The predicted octanol–water partition coefficient (Wildman–Crippen LogP) is 3.63. The lowest BCUT2D eigenvalue weighted by atomic mass is 10.1. The summed E-state index contributed by atoms with van der Waals surface area (Å²) in [6.07, 6.45) is -2.43. The number of para-hydroxylation sites is 1. The molecule has 0 aliphatic rings. The molecule has 0 saturated carbocycles. The van der Waals surface area contributed by atoms with Crippen molar-refractivity contribution in [3.8, 4) is 0 Å². The fraction of sp³-hybridized carbons (Fsp3) is 0.357. The number of nitrogens with one attached hydrogen (secondary N) is 1. The van der Waals surface area contributed by atoms with Gasteiger partial charge in [-0.3, -0.25) is 0 Å². The first kappa shape index (κ1) is 16.1. The smallest absolute Gasteiger partial charge is 0.418 e. The molecule has 0 saturated heterocycles. The van der Waals surface area contributed by atoms with Gasteiger partial charge in [-0.2, -0.15) is 13.2 Å². The summed E-state index contributed by atoms with van der Waals surface area (Å²) in [6, 6.07) is 5.20. The molecule has 0 amide bonds. The summed E-state index contributed by atoms with van der Waals surface area (Å²) in [5, 5.41) is 2.66. The first-order valence-corrected chi connectivity index (χ1v) is 6.07. The molecule has 1 rings (SSSR count). The number of alkyl halides is 3. The van der Waals surface area contributed by atoms with Gasteiger partial charge in [0.1, 0.15) is 0 Å². The molecular formula is C14H16F3NO2. The normalized spacial score (nSPS) is 12.2. The third kappa shape index (κ3) is 4.29. The van der Waals surface area contributed by atoms with Crippen LogP contribution in [0.4, 0.5) is 18.9 Å². The summed E-state index contributed by atoms with van der Waals surface area (Å²) >= 11 is 0. The maximum absolute atomic E-state index is 12.8. The summed E-state index contributed by atoms with van der Waals surface area (Å²) in [6.45, 7) is 1.89. The molecule has 3 nitrogen and oxygen atoms in total. The number of carbonyl (C=O) groups excluding carboxylic acids is 1. The summed E-state index contributed by atoms with van der Waals surface area (Å²) in [5.74, 6) is -0.474. The lowest BCUT2D eigenvalue weighted by Gasteiger charge is -2.13. The van der Waals surface area contributed by atoms with Crippen LogP contribution in [0.2, 0.25) is 0 Å². The van der Waals surface area contributed by atoms with Crippen molar-refractivity contribution < 1.29 is 22.7 Å². The molecule has 0 aromatic heterocycles. The Hall–Kier alpha value is -1.98. The summed E-state index contributed by atoms with van der Waals surface area (Å²) in [7, 11) is 1.26. The molecule has 0 bridgehead atoms. The van der Waals surface area contributed by atoms with Gasteiger partial charge in [0, 0.05) is 17.8 Å². The van der Waals surface area contributed by atoms with Crippen LogP contribution < -0.4 is 5.32 Å². The SMILES string of the molecule is CC/C(=C/CNc1ccccc1C(F)(F)F)C(=O)OC. The highest BCUT2D eigenvalue weighted by Crippen LogP contribution is 2.34. The van der Waals surface area contributed by atoms with Crippen molar-refractivity contribution in [3.63, 3.8) is 0 Å². The van der Waals surface area contributed by atoms with E-state index in [9.17, 15) is 18.0 Å². The van der Waals surface area contributed by atoms with E-state index in [0.717, 1.165) is 6.07 Å². The van der Waals surface area contributed by atoms with Gasteiger partial charge in [-0.25, -0.2) is 4.79 Å². The van der Waals surface area contributed by atoms with Gasteiger partial charge in [0.25, 0.3) is 0 Å². The van der Waals surface area contributed by atoms with E-state index in [4.69, 9.17) is 0 Å².